The van der Waals surface area contributed by atoms with E-state index in [1.54, 1.807) is 36.4 Å². The van der Waals surface area contributed by atoms with Crippen LogP contribution < -0.4 is 10.6 Å². The van der Waals surface area contributed by atoms with Crippen LogP contribution in [-0.4, -0.2) is 24.9 Å². The highest BCUT2D eigenvalue weighted by Gasteiger charge is 2.10. The monoisotopic (exact) mass is 336 g/mol. The van der Waals surface area contributed by atoms with Gasteiger partial charge in [-0.2, -0.15) is 0 Å². The van der Waals surface area contributed by atoms with Gasteiger partial charge in [-0.3, -0.25) is 9.59 Å². The molecule has 0 bridgehead atoms. The van der Waals surface area contributed by atoms with Gasteiger partial charge in [0.15, 0.2) is 0 Å². The number of amides is 2. The zero-order valence-electron chi connectivity index (χ0n) is 11.6. The molecule has 22 heavy (non-hydrogen) atoms. The molecule has 2 amide bonds. The third-order valence-electron chi connectivity index (χ3n) is 2.91. The Morgan fingerprint density at radius 3 is 2.14 bits per heavy atom. The molecule has 0 spiro atoms. The van der Waals surface area contributed by atoms with Crippen LogP contribution in [0.5, 0.6) is 0 Å². The molecule has 6 heteroatoms. The lowest BCUT2D eigenvalue weighted by Crippen LogP contribution is -2.34. The first-order chi connectivity index (χ1) is 10.6. The summed E-state index contributed by atoms with van der Waals surface area (Å²) in [4.78, 5) is 23.7. The van der Waals surface area contributed by atoms with E-state index in [4.69, 9.17) is 23.2 Å². The molecule has 0 saturated carbocycles. The minimum atomic E-state index is -0.310. The van der Waals surface area contributed by atoms with E-state index in [1.807, 2.05) is 6.07 Å². The van der Waals surface area contributed by atoms with Crippen molar-refractivity contribution >= 4 is 35.0 Å². The van der Waals surface area contributed by atoms with Crippen LogP contribution in [0.1, 0.15) is 20.7 Å². The molecular formula is C16H14Cl2N2O2. The van der Waals surface area contributed by atoms with Gasteiger partial charge in [0.1, 0.15) is 0 Å². The van der Waals surface area contributed by atoms with E-state index in [2.05, 4.69) is 10.6 Å². The normalized spacial score (nSPS) is 10.1. The molecule has 2 aromatic rings. The zero-order valence-corrected chi connectivity index (χ0v) is 13.1. The molecule has 114 valence electrons. The van der Waals surface area contributed by atoms with E-state index in [0.717, 1.165) is 0 Å². The SMILES string of the molecule is O=C(NCCNC(=O)c1ccc(Cl)cc1Cl)c1ccccc1. The first-order valence-corrected chi connectivity index (χ1v) is 7.40. The molecule has 0 aromatic heterocycles. The lowest BCUT2D eigenvalue weighted by molar-refractivity contribution is 0.0927. The van der Waals surface area contributed by atoms with Crippen LogP contribution in [0.15, 0.2) is 48.5 Å². The maximum Gasteiger partial charge on any atom is 0.252 e. The maximum absolute atomic E-state index is 11.9. The van der Waals surface area contributed by atoms with Crippen LogP contribution in [0.25, 0.3) is 0 Å². The minimum Gasteiger partial charge on any atom is -0.350 e. The van der Waals surface area contributed by atoms with Crippen LogP contribution in [0.2, 0.25) is 10.0 Å². The van der Waals surface area contributed by atoms with Gasteiger partial charge in [0, 0.05) is 23.7 Å². The number of carbonyl (C=O) groups excluding carboxylic acids is 2. The molecule has 0 radical (unpaired) electrons. The summed E-state index contributed by atoms with van der Waals surface area (Å²) < 4.78 is 0. The number of carbonyl (C=O) groups is 2. The van der Waals surface area contributed by atoms with E-state index < -0.39 is 0 Å². The Hall–Kier alpha value is -2.04. The Labute approximate surface area is 138 Å². The average molecular weight is 337 g/mol. The third-order valence-corrected chi connectivity index (χ3v) is 3.46. The summed E-state index contributed by atoms with van der Waals surface area (Å²) in [6, 6.07) is 13.5. The molecule has 4 nitrogen and oxygen atoms in total. The molecule has 0 saturated heterocycles. The zero-order chi connectivity index (χ0) is 15.9. The van der Waals surface area contributed by atoms with Crippen molar-refractivity contribution in [2.75, 3.05) is 13.1 Å². The molecule has 0 atom stereocenters. The summed E-state index contributed by atoms with van der Waals surface area (Å²) in [5, 5.41) is 6.17. The van der Waals surface area contributed by atoms with Crippen molar-refractivity contribution in [2.24, 2.45) is 0 Å². The molecule has 0 aliphatic rings. The van der Waals surface area contributed by atoms with Gasteiger partial charge >= 0.3 is 0 Å². The van der Waals surface area contributed by atoms with Gasteiger partial charge in [0.05, 0.1) is 10.6 Å². The molecule has 2 aromatic carbocycles. The second-order valence-corrected chi connectivity index (χ2v) is 5.35. The molecule has 0 heterocycles. The lowest BCUT2D eigenvalue weighted by Gasteiger charge is -2.08. The molecule has 0 fully saturated rings. The smallest absolute Gasteiger partial charge is 0.252 e. The Bertz CT molecular complexity index is 675. The molecule has 2 N–H and O–H groups in total. The highest BCUT2D eigenvalue weighted by Crippen LogP contribution is 2.20. The number of rotatable bonds is 5. The van der Waals surface area contributed by atoms with Gasteiger partial charge in [0.25, 0.3) is 11.8 Å². The van der Waals surface area contributed by atoms with Gasteiger partial charge in [-0.1, -0.05) is 41.4 Å². The van der Waals surface area contributed by atoms with Crippen LogP contribution in [0.4, 0.5) is 0 Å². The first kappa shape index (κ1) is 16.3. The quantitative estimate of drug-likeness (QED) is 0.824. The van der Waals surface area contributed by atoms with Gasteiger partial charge in [-0.05, 0) is 30.3 Å². The fraction of sp³-hybridized carbons (Fsp3) is 0.125. The number of hydrogen-bond acceptors (Lipinski definition) is 2. The minimum absolute atomic E-state index is 0.181. The summed E-state index contributed by atoms with van der Waals surface area (Å²) >= 11 is 11.7. The molecule has 0 aliphatic heterocycles. The van der Waals surface area contributed by atoms with Crippen molar-refractivity contribution in [1.29, 1.82) is 0 Å². The second kappa shape index (κ2) is 7.82. The number of hydrogen-bond donors (Lipinski definition) is 2. The Morgan fingerprint density at radius 1 is 0.864 bits per heavy atom. The fourth-order valence-corrected chi connectivity index (χ4v) is 2.31. The Morgan fingerprint density at radius 2 is 1.50 bits per heavy atom. The van der Waals surface area contributed by atoms with Crippen LogP contribution in [-0.2, 0) is 0 Å². The Balaban J connectivity index is 1.79. The largest absolute Gasteiger partial charge is 0.350 e. The highest BCUT2D eigenvalue weighted by atomic mass is 35.5. The summed E-state index contributed by atoms with van der Waals surface area (Å²) in [5.41, 5.74) is 0.926. The predicted octanol–water partition coefficient (Wildman–Crippen LogP) is 3.15. The van der Waals surface area contributed by atoms with Crippen molar-refractivity contribution in [3.05, 3.63) is 69.7 Å². The maximum atomic E-state index is 11.9. The third kappa shape index (κ3) is 4.48. The number of halogens is 2. The standard InChI is InChI=1S/C16H14Cl2N2O2/c17-12-6-7-13(14(18)10-12)16(22)20-9-8-19-15(21)11-4-2-1-3-5-11/h1-7,10H,8-9H2,(H,19,21)(H,20,22). The summed E-state index contributed by atoms with van der Waals surface area (Å²) in [7, 11) is 0. The molecule has 2 rings (SSSR count). The Kier molecular flexibility index (Phi) is 5.81. The van der Waals surface area contributed by atoms with E-state index in [0.29, 0.717) is 34.3 Å². The number of nitrogens with one attached hydrogen (secondary N) is 2. The molecular weight excluding hydrogens is 323 g/mol. The molecule has 0 unspecified atom stereocenters. The van der Waals surface area contributed by atoms with Crippen molar-refractivity contribution in [3.8, 4) is 0 Å². The van der Waals surface area contributed by atoms with Crippen molar-refractivity contribution in [1.82, 2.24) is 10.6 Å². The average Bonchev–Trinajstić information content (AvgIpc) is 2.52. The topological polar surface area (TPSA) is 58.2 Å². The van der Waals surface area contributed by atoms with Gasteiger partial charge in [-0.25, -0.2) is 0 Å². The van der Waals surface area contributed by atoms with Crippen LogP contribution in [0.3, 0.4) is 0 Å². The van der Waals surface area contributed by atoms with Crippen LogP contribution in [0, 0.1) is 0 Å². The van der Waals surface area contributed by atoms with E-state index in [-0.39, 0.29) is 11.8 Å². The second-order valence-electron chi connectivity index (χ2n) is 4.50. The summed E-state index contributed by atoms with van der Waals surface area (Å²) in [6.07, 6.45) is 0. The first-order valence-electron chi connectivity index (χ1n) is 6.64. The van der Waals surface area contributed by atoms with E-state index in [9.17, 15) is 9.59 Å². The van der Waals surface area contributed by atoms with E-state index in [1.165, 1.54) is 6.07 Å². The highest BCUT2D eigenvalue weighted by molar-refractivity contribution is 6.36. The van der Waals surface area contributed by atoms with Gasteiger partial charge < -0.3 is 10.6 Å². The van der Waals surface area contributed by atoms with Crippen LogP contribution >= 0.6 is 23.2 Å². The van der Waals surface area contributed by atoms with Gasteiger partial charge in [0.2, 0.25) is 0 Å². The van der Waals surface area contributed by atoms with Gasteiger partial charge in [-0.15, -0.1) is 0 Å². The summed E-state index contributed by atoms with van der Waals surface area (Å²) in [6.45, 7) is 0.626. The molecule has 0 aliphatic carbocycles. The number of benzene rings is 2. The van der Waals surface area contributed by atoms with Crippen molar-refractivity contribution in [3.63, 3.8) is 0 Å². The van der Waals surface area contributed by atoms with Crippen molar-refractivity contribution in [2.45, 2.75) is 0 Å². The lowest BCUT2D eigenvalue weighted by atomic mass is 10.2. The fourth-order valence-electron chi connectivity index (χ4n) is 1.81. The summed E-state index contributed by atoms with van der Waals surface area (Å²) in [5.74, 6) is -0.491. The van der Waals surface area contributed by atoms with Crippen molar-refractivity contribution < 1.29 is 9.59 Å². The predicted molar refractivity (Wildman–Crippen MR) is 87.6 cm³/mol. The van der Waals surface area contributed by atoms with E-state index >= 15 is 0 Å².